The monoisotopic (exact) mass is 399 g/mol. The van der Waals surface area contributed by atoms with Crippen LogP contribution in [0.4, 0.5) is 5.69 Å². The van der Waals surface area contributed by atoms with Crippen LogP contribution in [0.25, 0.3) is 11.0 Å². The van der Waals surface area contributed by atoms with Gasteiger partial charge in [0.15, 0.2) is 17.3 Å². The number of anilines is 1. The largest absolute Gasteiger partial charge is 0.507 e. The average Bonchev–Trinajstić information content (AvgIpc) is 2.71. The maximum absolute atomic E-state index is 12.8. The minimum Gasteiger partial charge on any atom is -0.507 e. The third-order valence-corrected chi connectivity index (χ3v) is 4.47. The Morgan fingerprint density at radius 3 is 2.34 bits per heavy atom. The summed E-state index contributed by atoms with van der Waals surface area (Å²) in [7, 11) is 4.47. The predicted molar refractivity (Wildman–Crippen MR) is 108 cm³/mol. The number of phenolic OH excluding ortho intramolecular Hbond substituents is 1. The van der Waals surface area contributed by atoms with Gasteiger partial charge in [0, 0.05) is 17.8 Å². The topological polar surface area (TPSA) is 107 Å². The van der Waals surface area contributed by atoms with Crippen LogP contribution in [0, 0.1) is 6.92 Å². The van der Waals surface area contributed by atoms with Crippen LogP contribution in [0.3, 0.4) is 0 Å². The number of hydrogen-bond acceptors (Lipinski definition) is 8. The van der Waals surface area contributed by atoms with Crippen LogP contribution in [0.5, 0.6) is 23.0 Å². The van der Waals surface area contributed by atoms with Gasteiger partial charge in [0.25, 0.3) is 0 Å². The average molecular weight is 399 g/mol. The molecule has 0 spiro atoms. The molecule has 1 aromatic heterocycles. The fourth-order valence-corrected chi connectivity index (χ4v) is 3.11. The van der Waals surface area contributed by atoms with E-state index >= 15 is 0 Å². The smallest absolute Gasteiger partial charge is 0.207 e. The first-order chi connectivity index (χ1) is 13.9. The second-order valence-electron chi connectivity index (χ2n) is 6.20. The van der Waals surface area contributed by atoms with Crippen LogP contribution in [0.2, 0.25) is 0 Å². The van der Waals surface area contributed by atoms with E-state index in [-0.39, 0.29) is 34.6 Å². The minimum absolute atomic E-state index is 0.0192. The van der Waals surface area contributed by atoms with E-state index in [9.17, 15) is 14.7 Å². The highest BCUT2D eigenvalue weighted by Crippen LogP contribution is 2.39. The van der Waals surface area contributed by atoms with E-state index in [1.807, 2.05) is 0 Å². The van der Waals surface area contributed by atoms with Gasteiger partial charge in [-0.25, -0.2) is 0 Å². The first kappa shape index (κ1) is 20.1. The molecule has 8 heteroatoms. The quantitative estimate of drug-likeness (QED) is 0.584. The highest BCUT2D eigenvalue weighted by Gasteiger charge is 2.21. The van der Waals surface area contributed by atoms with Gasteiger partial charge in [0.2, 0.25) is 11.2 Å². The van der Waals surface area contributed by atoms with Gasteiger partial charge in [0.1, 0.15) is 28.0 Å². The zero-order chi connectivity index (χ0) is 21.1. The maximum Gasteiger partial charge on any atom is 0.207 e. The van der Waals surface area contributed by atoms with E-state index < -0.39 is 11.2 Å². The van der Waals surface area contributed by atoms with Crippen molar-refractivity contribution < 1.29 is 28.5 Å². The van der Waals surface area contributed by atoms with E-state index in [0.29, 0.717) is 22.9 Å². The number of nitrogens with one attached hydrogen (secondary N) is 1. The van der Waals surface area contributed by atoms with Crippen LogP contribution < -0.4 is 25.0 Å². The minimum atomic E-state index is -0.571. The summed E-state index contributed by atoms with van der Waals surface area (Å²) in [5.41, 5.74) is 0.0812. The summed E-state index contributed by atoms with van der Waals surface area (Å²) in [6.07, 6.45) is 0. The lowest BCUT2D eigenvalue weighted by atomic mass is 10.1. The van der Waals surface area contributed by atoms with Crippen molar-refractivity contribution in [3.8, 4) is 23.0 Å². The van der Waals surface area contributed by atoms with E-state index in [1.54, 1.807) is 24.3 Å². The van der Waals surface area contributed by atoms with Crippen molar-refractivity contribution in [1.82, 2.24) is 0 Å². The molecule has 0 aliphatic carbocycles. The van der Waals surface area contributed by atoms with Crippen molar-refractivity contribution in [2.45, 2.75) is 6.92 Å². The van der Waals surface area contributed by atoms with Crippen LogP contribution in [0.15, 0.2) is 39.5 Å². The number of phenols is 1. The van der Waals surface area contributed by atoms with Gasteiger partial charge in [-0.05, 0) is 19.1 Å². The molecule has 8 nitrogen and oxygen atoms in total. The number of hydrogen-bond donors (Lipinski definition) is 2. The Hall–Kier alpha value is -3.68. The third-order valence-electron chi connectivity index (χ3n) is 4.47. The molecule has 2 aromatic carbocycles. The molecule has 0 saturated carbocycles. The van der Waals surface area contributed by atoms with Gasteiger partial charge in [-0.15, -0.1) is 0 Å². The molecule has 1 heterocycles. The van der Waals surface area contributed by atoms with E-state index in [1.165, 1.54) is 34.3 Å². The van der Waals surface area contributed by atoms with E-state index in [0.717, 1.165) is 0 Å². The number of ketones is 1. The fourth-order valence-electron chi connectivity index (χ4n) is 3.11. The van der Waals surface area contributed by atoms with Crippen molar-refractivity contribution in [1.29, 1.82) is 0 Å². The number of benzene rings is 2. The molecule has 3 aromatic rings. The van der Waals surface area contributed by atoms with Gasteiger partial charge in [-0.1, -0.05) is 6.07 Å². The molecule has 3 rings (SSSR count). The molecule has 0 radical (unpaired) electrons. The Bertz CT molecular complexity index is 1110. The normalized spacial score (nSPS) is 10.6. The Morgan fingerprint density at radius 2 is 1.76 bits per heavy atom. The van der Waals surface area contributed by atoms with Crippen molar-refractivity contribution >= 4 is 22.4 Å². The highest BCUT2D eigenvalue weighted by atomic mass is 16.5. The molecule has 0 aliphatic heterocycles. The number of aryl methyl sites for hydroxylation is 1. The Kier molecular flexibility index (Phi) is 5.63. The first-order valence-corrected chi connectivity index (χ1v) is 8.73. The predicted octanol–water partition coefficient (Wildman–Crippen LogP) is 3.13. The molecule has 0 aliphatic rings. The number of rotatable bonds is 7. The standard InChI is InChI=1S/C21H21NO7/c1-11-18(20(25)19-13(23)6-5-7-15(19)29-11)14(24)10-22-12-8-16(26-2)21(28-4)17(9-12)27-3/h5-9,22-23H,10H2,1-4H3. The zero-order valence-electron chi connectivity index (χ0n) is 16.5. The molecule has 0 saturated heterocycles. The summed E-state index contributed by atoms with van der Waals surface area (Å²) < 4.78 is 21.4. The first-order valence-electron chi connectivity index (χ1n) is 8.73. The molecule has 0 amide bonds. The van der Waals surface area contributed by atoms with Crippen LogP contribution >= 0.6 is 0 Å². The molecular weight excluding hydrogens is 378 g/mol. The number of aromatic hydroxyl groups is 1. The van der Waals surface area contributed by atoms with Gasteiger partial charge in [-0.3, -0.25) is 9.59 Å². The molecule has 0 fully saturated rings. The van der Waals surface area contributed by atoms with E-state index in [2.05, 4.69) is 5.32 Å². The summed E-state index contributed by atoms with van der Waals surface area (Å²) in [4.78, 5) is 25.5. The highest BCUT2D eigenvalue weighted by molar-refractivity contribution is 6.02. The second-order valence-corrected chi connectivity index (χ2v) is 6.20. The molecule has 0 atom stereocenters. The number of carbonyl (C=O) groups is 1. The van der Waals surface area contributed by atoms with Crippen molar-refractivity contribution in [3.05, 3.63) is 51.9 Å². The van der Waals surface area contributed by atoms with Crippen molar-refractivity contribution in [2.75, 3.05) is 33.2 Å². The lowest BCUT2D eigenvalue weighted by Crippen LogP contribution is -2.23. The molecular formula is C21H21NO7. The van der Waals surface area contributed by atoms with Gasteiger partial charge >= 0.3 is 0 Å². The number of methoxy groups -OCH3 is 3. The zero-order valence-corrected chi connectivity index (χ0v) is 16.5. The summed E-state index contributed by atoms with van der Waals surface area (Å²) in [5.74, 6) is 0.748. The molecule has 29 heavy (non-hydrogen) atoms. The SMILES string of the molecule is COc1cc(NCC(=O)c2c(C)oc3cccc(O)c3c2=O)cc(OC)c1OC. The molecule has 2 N–H and O–H groups in total. The maximum atomic E-state index is 12.8. The number of Topliss-reactive ketones (excluding diaryl/α,β-unsaturated/α-hetero) is 1. The molecule has 0 unspecified atom stereocenters. The number of carbonyl (C=O) groups excluding carboxylic acids is 1. The summed E-state index contributed by atoms with van der Waals surface area (Å²) >= 11 is 0. The van der Waals surface area contributed by atoms with E-state index in [4.69, 9.17) is 18.6 Å². The van der Waals surface area contributed by atoms with Crippen LogP contribution in [-0.4, -0.2) is 38.8 Å². The lowest BCUT2D eigenvalue weighted by molar-refractivity contribution is 0.100. The summed E-state index contributed by atoms with van der Waals surface area (Å²) in [6, 6.07) is 7.79. The van der Waals surface area contributed by atoms with Crippen LogP contribution in [0.1, 0.15) is 16.1 Å². The van der Waals surface area contributed by atoms with Crippen molar-refractivity contribution in [2.24, 2.45) is 0 Å². The van der Waals surface area contributed by atoms with Crippen molar-refractivity contribution in [3.63, 3.8) is 0 Å². The lowest BCUT2D eigenvalue weighted by Gasteiger charge is -2.15. The third kappa shape index (κ3) is 3.69. The summed E-state index contributed by atoms with van der Waals surface area (Å²) in [5, 5.41) is 12.9. The molecule has 152 valence electrons. The Morgan fingerprint density at radius 1 is 1.10 bits per heavy atom. The van der Waals surface area contributed by atoms with Gasteiger partial charge in [0.05, 0.1) is 27.9 Å². The Labute approximate surface area is 166 Å². The number of ether oxygens (including phenoxy) is 3. The van der Waals surface area contributed by atoms with Gasteiger partial charge < -0.3 is 29.1 Å². The molecule has 0 bridgehead atoms. The van der Waals surface area contributed by atoms with Gasteiger partial charge in [-0.2, -0.15) is 0 Å². The Balaban J connectivity index is 1.92. The van der Waals surface area contributed by atoms with Crippen LogP contribution in [-0.2, 0) is 0 Å². The second kappa shape index (κ2) is 8.14. The number of fused-ring (bicyclic) bond motifs is 1. The summed E-state index contributed by atoms with van der Waals surface area (Å²) in [6.45, 7) is 1.36. The fraction of sp³-hybridized carbons (Fsp3) is 0.238.